The number of carbonyl (C=O) groups excluding carboxylic acids is 1. The Balaban J connectivity index is 1.80. The van der Waals surface area contributed by atoms with Crippen molar-refractivity contribution in [2.75, 3.05) is 0 Å². The third kappa shape index (κ3) is 1.83. The first-order valence-corrected chi connectivity index (χ1v) is 7.39. The highest BCUT2D eigenvalue weighted by atomic mass is 35.5. The fraction of sp³-hybridized carbons (Fsp3) is 0.167. The molecule has 2 aromatic carbocycles. The van der Waals surface area contributed by atoms with E-state index >= 15 is 0 Å². The van der Waals surface area contributed by atoms with Crippen LogP contribution in [0.4, 0.5) is 0 Å². The maximum absolute atomic E-state index is 12.9. The van der Waals surface area contributed by atoms with Crippen LogP contribution in [0.3, 0.4) is 0 Å². The maximum Gasteiger partial charge on any atom is 0.172 e. The molecule has 21 heavy (non-hydrogen) atoms. The number of halogens is 1. The molecule has 2 nitrogen and oxygen atoms in total. The third-order valence-corrected chi connectivity index (χ3v) is 4.62. The lowest BCUT2D eigenvalue weighted by Crippen LogP contribution is -2.25. The van der Waals surface area contributed by atoms with E-state index in [4.69, 9.17) is 11.6 Å². The second-order valence-corrected chi connectivity index (χ2v) is 6.07. The molecule has 0 saturated carbocycles. The molecule has 0 bridgehead atoms. The van der Waals surface area contributed by atoms with Crippen LogP contribution in [-0.2, 0) is 13.5 Å². The Hall–Kier alpha value is -2.06. The number of ketones is 1. The van der Waals surface area contributed by atoms with Crippen LogP contribution in [0.2, 0.25) is 5.02 Å². The van der Waals surface area contributed by atoms with Gasteiger partial charge in [-0.2, -0.15) is 0 Å². The average Bonchev–Trinajstić information content (AvgIpc) is 2.77. The maximum atomic E-state index is 12.9. The predicted molar refractivity (Wildman–Crippen MR) is 85.1 cm³/mol. The van der Waals surface area contributed by atoms with Gasteiger partial charge in [0.15, 0.2) is 5.78 Å². The predicted octanol–water partition coefficient (Wildman–Crippen LogP) is 4.35. The zero-order valence-corrected chi connectivity index (χ0v) is 12.4. The van der Waals surface area contributed by atoms with Gasteiger partial charge in [-0.1, -0.05) is 41.9 Å². The molecule has 1 heterocycles. The van der Waals surface area contributed by atoms with Crippen molar-refractivity contribution >= 4 is 28.3 Å². The third-order valence-electron chi connectivity index (χ3n) is 4.39. The van der Waals surface area contributed by atoms with Crippen molar-refractivity contribution in [2.45, 2.75) is 12.3 Å². The Bertz CT molecular complexity index is 878. The van der Waals surface area contributed by atoms with Crippen molar-refractivity contribution < 1.29 is 4.79 Å². The Kier molecular flexibility index (Phi) is 2.69. The van der Waals surface area contributed by atoms with Crippen LogP contribution in [0.1, 0.15) is 27.4 Å². The summed E-state index contributed by atoms with van der Waals surface area (Å²) in [6, 6.07) is 13.9. The van der Waals surface area contributed by atoms with Gasteiger partial charge in [-0.15, -0.1) is 0 Å². The lowest BCUT2D eigenvalue weighted by Gasteiger charge is -2.28. The van der Waals surface area contributed by atoms with Crippen LogP contribution in [0, 0.1) is 0 Å². The largest absolute Gasteiger partial charge is 0.350 e. The number of aryl methyl sites for hydroxylation is 1. The molecule has 3 heteroatoms. The van der Waals surface area contributed by atoms with E-state index in [0.29, 0.717) is 5.02 Å². The standard InChI is InChI=1S/C18H14ClNO/c1-20-10-16(14-7-6-12(19)9-17(14)20)18(21)15-8-11-4-2-3-5-13(11)15/h2-7,9-10,15H,8H2,1H3. The molecular formula is C18H14ClNO. The summed E-state index contributed by atoms with van der Waals surface area (Å²) in [7, 11) is 1.95. The summed E-state index contributed by atoms with van der Waals surface area (Å²) in [5.41, 5.74) is 4.26. The summed E-state index contributed by atoms with van der Waals surface area (Å²) in [6.45, 7) is 0. The second-order valence-electron chi connectivity index (χ2n) is 5.63. The SMILES string of the molecule is Cn1cc(C(=O)C2Cc3ccccc32)c2ccc(Cl)cc21. The molecule has 1 aliphatic rings. The van der Waals surface area contributed by atoms with Gasteiger partial charge in [0.05, 0.1) is 5.92 Å². The minimum Gasteiger partial charge on any atom is -0.350 e. The number of nitrogens with zero attached hydrogens (tertiary/aromatic N) is 1. The number of rotatable bonds is 2. The lowest BCUT2D eigenvalue weighted by molar-refractivity contribution is 0.0950. The molecule has 1 aliphatic carbocycles. The van der Waals surface area contributed by atoms with Crippen molar-refractivity contribution in [3.8, 4) is 0 Å². The molecular weight excluding hydrogens is 282 g/mol. The highest BCUT2D eigenvalue weighted by molar-refractivity contribution is 6.31. The van der Waals surface area contributed by atoms with Gasteiger partial charge in [0, 0.05) is 34.7 Å². The highest BCUT2D eigenvalue weighted by Gasteiger charge is 2.33. The molecule has 0 aliphatic heterocycles. The molecule has 0 fully saturated rings. The number of hydrogen-bond donors (Lipinski definition) is 0. The average molecular weight is 296 g/mol. The Morgan fingerprint density at radius 2 is 2.05 bits per heavy atom. The van der Waals surface area contributed by atoms with E-state index in [1.54, 1.807) is 0 Å². The Morgan fingerprint density at radius 3 is 2.86 bits per heavy atom. The number of benzene rings is 2. The number of Topliss-reactive ketones (excluding diaryl/α,β-unsaturated/α-hetero) is 1. The highest BCUT2D eigenvalue weighted by Crippen LogP contribution is 2.38. The van der Waals surface area contributed by atoms with E-state index in [1.807, 2.05) is 48.1 Å². The number of hydrogen-bond acceptors (Lipinski definition) is 1. The zero-order valence-electron chi connectivity index (χ0n) is 11.6. The fourth-order valence-corrected chi connectivity index (χ4v) is 3.40. The molecule has 1 atom stereocenters. The molecule has 0 spiro atoms. The fourth-order valence-electron chi connectivity index (χ4n) is 3.23. The van der Waals surface area contributed by atoms with Gasteiger partial charge < -0.3 is 4.57 Å². The summed E-state index contributed by atoms with van der Waals surface area (Å²) >= 11 is 6.05. The minimum absolute atomic E-state index is 0.00229. The summed E-state index contributed by atoms with van der Waals surface area (Å²) in [5, 5.41) is 1.67. The smallest absolute Gasteiger partial charge is 0.172 e. The van der Waals surface area contributed by atoms with Crippen LogP contribution in [0.25, 0.3) is 10.9 Å². The molecule has 0 saturated heterocycles. The number of aromatic nitrogens is 1. The van der Waals surface area contributed by atoms with E-state index < -0.39 is 0 Å². The Morgan fingerprint density at radius 1 is 1.24 bits per heavy atom. The van der Waals surface area contributed by atoms with Gasteiger partial charge >= 0.3 is 0 Å². The first kappa shape index (κ1) is 12.7. The van der Waals surface area contributed by atoms with Crippen LogP contribution < -0.4 is 0 Å². The van der Waals surface area contributed by atoms with Crippen LogP contribution in [-0.4, -0.2) is 10.4 Å². The molecule has 1 unspecified atom stereocenters. The molecule has 4 rings (SSSR count). The monoisotopic (exact) mass is 295 g/mol. The van der Waals surface area contributed by atoms with Gasteiger partial charge in [-0.3, -0.25) is 4.79 Å². The molecule has 104 valence electrons. The minimum atomic E-state index is 0.00229. The van der Waals surface area contributed by atoms with Crippen molar-refractivity contribution in [2.24, 2.45) is 7.05 Å². The first-order chi connectivity index (χ1) is 10.1. The molecule has 0 radical (unpaired) electrons. The van der Waals surface area contributed by atoms with Gasteiger partial charge in [0.1, 0.15) is 0 Å². The lowest BCUT2D eigenvalue weighted by atomic mass is 9.74. The van der Waals surface area contributed by atoms with E-state index in [-0.39, 0.29) is 11.7 Å². The summed E-state index contributed by atoms with van der Waals surface area (Å²) in [6.07, 6.45) is 2.77. The first-order valence-electron chi connectivity index (χ1n) is 7.02. The summed E-state index contributed by atoms with van der Waals surface area (Å²) in [5.74, 6) is 0.212. The quantitative estimate of drug-likeness (QED) is 0.644. The van der Waals surface area contributed by atoms with Gasteiger partial charge in [0.2, 0.25) is 0 Å². The van der Waals surface area contributed by atoms with Crippen molar-refractivity contribution in [3.05, 3.63) is 70.4 Å². The van der Waals surface area contributed by atoms with Crippen molar-refractivity contribution in [1.29, 1.82) is 0 Å². The van der Waals surface area contributed by atoms with Crippen LogP contribution in [0.5, 0.6) is 0 Å². The molecule has 1 aromatic heterocycles. The van der Waals surface area contributed by atoms with Gasteiger partial charge in [-0.05, 0) is 29.7 Å². The number of carbonyl (C=O) groups is 1. The van der Waals surface area contributed by atoms with Crippen LogP contribution in [0.15, 0.2) is 48.7 Å². The van der Waals surface area contributed by atoms with E-state index in [9.17, 15) is 4.79 Å². The van der Waals surface area contributed by atoms with E-state index in [1.165, 1.54) is 11.1 Å². The van der Waals surface area contributed by atoms with E-state index in [0.717, 1.165) is 22.9 Å². The molecule has 0 N–H and O–H groups in total. The van der Waals surface area contributed by atoms with E-state index in [2.05, 4.69) is 12.1 Å². The Labute approximate surface area is 128 Å². The van der Waals surface area contributed by atoms with Gasteiger partial charge in [0.25, 0.3) is 0 Å². The zero-order chi connectivity index (χ0) is 14.6. The van der Waals surface area contributed by atoms with Gasteiger partial charge in [-0.25, -0.2) is 0 Å². The van der Waals surface area contributed by atoms with Crippen molar-refractivity contribution in [3.63, 3.8) is 0 Å². The topological polar surface area (TPSA) is 22.0 Å². The van der Waals surface area contributed by atoms with Crippen molar-refractivity contribution in [1.82, 2.24) is 4.57 Å². The normalized spacial score (nSPS) is 16.6. The second kappa shape index (κ2) is 4.47. The summed E-state index contributed by atoms with van der Waals surface area (Å²) < 4.78 is 1.97. The van der Waals surface area contributed by atoms with Crippen LogP contribution >= 0.6 is 11.6 Å². The molecule has 0 amide bonds. The number of fused-ring (bicyclic) bond motifs is 2. The summed E-state index contributed by atoms with van der Waals surface area (Å²) in [4.78, 5) is 12.9. The molecule has 3 aromatic rings.